The molecule has 3 nitrogen and oxygen atoms in total. The van der Waals surface area contributed by atoms with Crippen LogP contribution in [0.25, 0.3) is 0 Å². The Morgan fingerprint density at radius 1 is 1.54 bits per heavy atom. The Morgan fingerprint density at radius 3 is 2.62 bits per heavy atom. The summed E-state index contributed by atoms with van der Waals surface area (Å²) in [6, 6.07) is 2.73. The zero-order chi connectivity index (χ0) is 9.84. The molecule has 0 saturated heterocycles. The molecule has 1 aliphatic carbocycles. The summed E-state index contributed by atoms with van der Waals surface area (Å²) in [5.41, 5.74) is 1.58. The second-order valence-electron chi connectivity index (χ2n) is 2.93. The van der Waals surface area contributed by atoms with E-state index in [2.05, 4.69) is 11.1 Å². The van der Waals surface area contributed by atoms with Crippen LogP contribution in [-0.4, -0.2) is 9.55 Å². The minimum atomic E-state index is 0.561. The van der Waals surface area contributed by atoms with E-state index in [1.54, 1.807) is 6.33 Å². The monoisotopic (exact) mass is 177 g/mol. The van der Waals surface area contributed by atoms with Crippen molar-refractivity contribution in [1.29, 1.82) is 5.26 Å². The highest BCUT2D eigenvalue weighted by Crippen LogP contribution is 2.35. The predicted octanol–water partition coefficient (Wildman–Crippen LogP) is 2.42. The number of nitriles is 1. The Bertz CT molecular complexity index is 315. The van der Waals surface area contributed by atoms with Crippen LogP contribution in [0.4, 0.5) is 0 Å². The third-order valence-electron chi connectivity index (χ3n) is 2.02. The molecule has 0 amide bonds. The maximum Gasteiger partial charge on any atom is 0.143 e. The zero-order valence-electron chi connectivity index (χ0n) is 8.41. The molecule has 0 aromatic carbocycles. The highest BCUT2D eigenvalue weighted by atomic mass is 15.1. The lowest BCUT2D eigenvalue weighted by molar-refractivity contribution is 0.730. The Kier molecular flexibility index (Phi) is 3.07. The average Bonchev–Trinajstić information content (AvgIpc) is 2.94. The fourth-order valence-corrected chi connectivity index (χ4v) is 1.22. The van der Waals surface area contributed by atoms with Crippen LogP contribution in [0.5, 0.6) is 0 Å². The van der Waals surface area contributed by atoms with Gasteiger partial charge in [0.25, 0.3) is 0 Å². The van der Waals surface area contributed by atoms with Gasteiger partial charge < -0.3 is 4.57 Å². The first kappa shape index (κ1) is 9.79. The predicted molar refractivity (Wildman–Crippen MR) is 51.3 cm³/mol. The largest absolute Gasteiger partial charge is 0.319 e. The highest BCUT2D eigenvalue weighted by molar-refractivity contribution is 5.27. The van der Waals surface area contributed by atoms with Gasteiger partial charge in [-0.1, -0.05) is 13.8 Å². The molecule has 0 radical (unpaired) electrons. The van der Waals surface area contributed by atoms with E-state index in [0.717, 1.165) is 11.4 Å². The molecule has 1 fully saturated rings. The quantitative estimate of drug-likeness (QED) is 0.661. The Hall–Kier alpha value is -1.30. The molecule has 1 aromatic heterocycles. The molecule has 1 heterocycles. The first-order chi connectivity index (χ1) is 6.33. The van der Waals surface area contributed by atoms with E-state index < -0.39 is 0 Å². The van der Waals surface area contributed by atoms with E-state index in [0.29, 0.717) is 6.04 Å². The van der Waals surface area contributed by atoms with E-state index in [1.165, 1.54) is 12.8 Å². The van der Waals surface area contributed by atoms with Crippen LogP contribution in [0.1, 0.15) is 44.1 Å². The maximum absolute atomic E-state index is 8.75. The second-order valence-corrected chi connectivity index (χ2v) is 2.93. The first-order valence-corrected chi connectivity index (χ1v) is 4.76. The first-order valence-electron chi connectivity index (χ1n) is 4.76. The summed E-state index contributed by atoms with van der Waals surface area (Å²) in [5, 5.41) is 8.75. The number of rotatable bonds is 1. The molecule has 0 aliphatic heterocycles. The van der Waals surface area contributed by atoms with Gasteiger partial charge in [-0.05, 0) is 19.8 Å². The van der Waals surface area contributed by atoms with Gasteiger partial charge in [-0.15, -0.1) is 0 Å². The van der Waals surface area contributed by atoms with Crippen molar-refractivity contribution in [2.45, 2.75) is 39.7 Å². The minimum absolute atomic E-state index is 0.561. The Balaban J connectivity index is 0.000000396. The topological polar surface area (TPSA) is 41.6 Å². The number of nitrogens with zero attached hydrogens (tertiary/aromatic N) is 3. The van der Waals surface area contributed by atoms with Crippen LogP contribution >= 0.6 is 0 Å². The SMILES string of the molecule is CC.Cc1ncn(C2CC2)c1C#N. The Labute approximate surface area is 79.0 Å². The van der Waals surface area contributed by atoms with Crippen molar-refractivity contribution in [3.63, 3.8) is 0 Å². The minimum Gasteiger partial charge on any atom is -0.319 e. The van der Waals surface area contributed by atoms with Crippen LogP contribution in [-0.2, 0) is 0 Å². The highest BCUT2D eigenvalue weighted by Gasteiger charge is 2.26. The standard InChI is InChI=1S/C8H9N3.C2H6/c1-6-8(4-9)11(5-10-6)7-2-3-7;1-2/h5,7H,2-3H2,1H3;1-2H3. The van der Waals surface area contributed by atoms with Gasteiger partial charge in [0, 0.05) is 6.04 Å². The second kappa shape index (κ2) is 4.08. The molecule has 1 saturated carbocycles. The molecule has 0 spiro atoms. The lowest BCUT2D eigenvalue weighted by Gasteiger charge is -1.97. The number of aromatic nitrogens is 2. The third kappa shape index (κ3) is 1.89. The van der Waals surface area contributed by atoms with Crippen molar-refractivity contribution in [3.8, 4) is 6.07 Å². The number of aryl methyl sites for hydroxylation is 1. The van der Waals surface area contributed by atoms with Gasteiger partial charge in [-0.25, -0.2) is 4.98 Å². The molecule has 2 rings (SSSR count). The molecule has 1 aromatic rings. The summed E-state index contributed by atoms with van der Waals surface area (Å²) < 4.78 is 1.98. The molecule has 0 bridgehead atoms. The lowest BCUT2D eigenvalue weighted by atomic mass is 10.3. The fourth-order valence-electron chi connectivity index (χ4n) is 1.22. The van der Waals surface area contributed by atoms with Crippen LogP contribution in [0.2, 0.25) is 0 Å². The summed E-state index contributed by atoms with van der Waals surface area (Å²) >= 11 is 0. The zero-order valence-corrected chi connectivity index (χ0v) is 8.41. The molecular formula is C10H15N3. The average molecular weight is 177 g/mol. The number of imidazole rings is 1. The molecule has 0 N–H and O–H groups in total. The lowest BCUT2D eigenvalue weighted by Crippen LogP contribution is -1.95. The van der Waals surface area contributed by atoms with Crippen LogP contribution in [0.15, 0.2) is 6.33 Å². The van der Waals surface area contributed by atoms with Crippen molar-refractivity contribution in [2.24, 2.45) is 0 Å². The molecule has 0 atom stereocenters. The van der Waals surface area contributed by atoms with Gasteiger partial charge in [-0.2, -0.15) is 5.26 Å². The molecule has 0 unspecified atom stereocenters. The summed E-state index contributed by atoms with van der Waals surface area (Å²) in [4.78, 5) is 4.09. The van der Waals surface area contributed by atoms with Crippen molar-refractivity contribution in [3.05, 3.63) is 17.7 Å². The normalized spacial score (nSPS) is 14.3. The fraction of sp³-hybridized carbons (Fsp3) is 0.600. The molecule has 3 heteroatoms. The van der Waals surface area contributed by atoms with Crippen LogP contribution in [0.3, 0.4) is 0 Å². The van der Waals surface area contributed by atoms with E-state index in [1.807, 2.05) is 25.3 Å². The van der Waals surface area contributed by atoms with Gasteiger partial charge in [0.05, 0.1) is 12.0 Å². The van der Waals surface area contributed by atoms with Crippen molar-refractivity contribution < 1.29 is 0 Å². The summed E-state index contributed by atoms with van der Waals surface area (Å²) in [5.74, 6) is 0. The molecule has 1 aliphatic rings. The van der Waals surface area contributed by atoms with Crippen LogP contribution < -0.4 is 0 Å². The maximum atomic E-state index is 8.75. The van der Waals surface area contributed by atoms with E-state index in [-0.39, 0.29) is 0 Å². The number of hydrogen-bond donors (Lipinski definition) is 0. The molecular weight excluding hydrogens is 162 g/mol. The van der Waals surface area contributed by atoms with Crippen LogP contribution in [0, 0.1) is 18.3 Å². The van der Waals surface area contributed by atoms with E-state index >= 15 is 0 Å². The van der Waals surface area contributed by atoms with Crippen molar-refractivity contribution in [2.75, 3.05) is 0 Å². The van der Waals surface area contributed by atoms with Gasteiger partial charge in [0.1, 0.15) is 11.8 Å². The van der Waals surface area contributed by atoms with Crippen molar-refractivity contribution in [1.82, 2.24) is 9.55 Å². The van der Waals surface area contributed by atoms with E-state index in [4.69, 9.17) is 5.26 Å². The summed E-state index contributed by atoms with van der Waals surface area (Å²) in [6.45, 7) is 5.87. The molecule has 70 valence electrons. The number of hydrogen-bond acceptors (Lipinski definition) is 2. The molecule has 13 heavy (non-hydrogen) atoms. The van der Waals surface area contributed by atoms with Gasteiger partial charge in [-0.3, -0.25) is 0 Å². The van der Waals surface area contributed by atoms with Gasteiger partial charge in [0.15, 0.2) is 0 Å². The van der Waals surface area contributed by atoms with Crippen molar-refractivity contribution >= 4 is 0 Å². The third-order valence-corrected chi connectivity index (χ3v) is 2.02. The van der Waals surface area contributed by atoms with Gasteiger partial charge >= 0.3 is 0 Å². The Morgan fingerprint density at radius 2 is 2.15 bits per heavy atom. The van der Waals surface area contributed by atoms with E-state index in [9.17, 15) is 0 Å². The summed E-state index contributed by atoms with van der Waals surface area (Å²) in [7, 11) is 0. The summed E-state index contributed by atoms with van der Waals surface area (Å²) in [6.07, 6.45) is 4.17. The van der Waals surface area contributed by atoms with Gasteiger partial charge in [0.2, 0.25) is 0 Å². The smallest absolute Gasteiger partial charge is 0.143 e.